The number of amides is 1. The number of hydrogen-bond donors (Lipinski definition) is 3. The van der Waals surface area contributed by atoms with Crippen LogP contribution in [-0.2, 0) is 11.3 Å². The number of aryl methyl sites for hydroxylation is 3. The predicted octanol–water partition coefficient (Wildman–Crippen LogP) is 4.08. The third-order valence-electron chi connectivity index (χ3n) is 4.93. The maximum absolute atomic E-state index is 12.3. The van der Waals surface area contributed by atoms with Gasteiger partial charge in [-0.25, -0.2) is 9.97 Å². The molecule has 0 aliphatic carbocycles. The Balaban J connectivity index is 1.39. The first-order chi connectivity index (χ1) is 16.3. The Bertz CT molecular complexity index is 1360. The summed E-state index contributed by atoms with van der Waals surface area (Å²) in [4.78, 5) is 37.3. The first kappa shape index (κ1) is 22.7. The van der Waals surface area contributed by atoms with Crippen molar-refractivity contribution in [1.82, 2.24) is 19.5 Å². The van der Waals surface area contributed by atoms with Crippen LogP contribution in [0, 0.1) is 20.8 Å². The smallest absolute Gasteiger partial charge is 0.253 e. The van der Waals surface area contributed by atoms with E-state index in [9.17, 15) is 9.59 Å². The minimum absolute atomic E-state index is 0.108. The maximum Gasteiger partial charge on any atom is 0.253 e. The van der Waals surface area contributed by atoms with E-state index < -0.39 is 0 Å². The molecule has 34 heavy (non-hydrogen) atoms. The van der Waals surface area contributed by atoms with Crippen molar-refractivity contribution in [3.8, 4) is 0 Å². The minimum atomic E-state index is -0.313. The lowest BCUT2D eigenvalue weighted by molar-refractivity contribution is -0.116. The van der Waals surface area contributed by atoms with Gasteiger partial charge in [-0.05, 0) is 57.2 Å². The molecular formula is C25H25N7O2. The summed E-state index contributed by atoms with van der Waals surface area (Å²) in [6.07, 6.45) is 1.37. The zero-order chi connectivity index (χ0) is 24.1. The highest BCUT2D eigenvalue weighted by Crippen LogP contribution is 2.21. The van der Waals surface area contributed by atoms with E-state index in [0.29, 0.717) is 23.1 Å². The molecule has 0 saturated carbocycles. The molecule has 2 heterocycles. The minimum Gasteiger partial charge on any atom is -0.340 e. The van der Waals surface area contributed by atoms with E-state index in [1.54, 1.807) is 19.1 Å². The fourth-order valence-electron chi connectivity index (χ4n) is 3.23. The molecule has 9 heteroatoms. The Morgan fingerprint density at radius 2 is 1.47 bits per heavy atom. The van der Waals surface area contributed by atoms with Gasteiger partial charge >= 0.3 is 0 Å². The van der Waals surface area contributed by atoms with Crippen LogP contribution in [0.1, 0.15) is 17.0 Å². The lowest BCUT2D eigenvalue weighted by Crippen LogP contribution is -2.27. The monoisotopic (exact) mass is 455 g/mol. The quantitative estimate of drug-likeness (QED) is 0.385. The number of carbonyl (C=O) groups excluding carboxylic acids is 1. The average molecular weight is 456 g/mol. The van der Waals surface area contributed by atoms with Crippen LogP contribution in [0.5, 0.6) is 0 Å². The van der Waals surface area contributed by atoms with Crippen LogP contribution in [0.25, 0.3) is 0 Å². The lowest BCUT2D eigenvalue weighted by Gasteiger charge is -2.11. The summed E-state index contributed by atoms with van der Waals surface area (Å²) >= 11 is 0. The largest absolute Gasteiger partial charge is 0.340 e. The van der Waals surface area contributed by atoms with E-state index in [1.807, 2.05) is 56.3 Å². The summed E-state index contributed by atoms with van der Waals surface area (Å²) in [6.45, 7) is 5.56. The van der Waals surface area contributed by atoms with Gasteiger partial charge in [0.05, 0.1) is 6.33 Å². The van der Waals surface area contributed by atoms with Gasteiger partial charge in [0.25, 0.3) is 5.56 Å². The fraction of sp³-hybridized carbons (Fsp3) is 0.160. The van der Waals surface area contributed by atoms with Crippen LogP contribution in [0.2, 0.25) is 0 Å². The summed E-state index contributed by atoms with van der Waals surface area (Å²) in [5, 5.41) is 9.26. The first-order valence-corrected chi connectivity index (χ1v) is 10.7. The predicted molar refractivity (Wildman–Crippen MR) is 133 cm³/mol. The van der Waals surface area contributed by atoms with Crippen molar-refractivity contribution in [2.75, 3.05) is 16.0 Å². The molecular weight excluding hydrogens is 430 g/mol. The summed E-state index contributed by atoms with van der Waals surface area (Å²) in [5.41, 5.74) is 4.67. The molecule has 0 spiro atoms. The van der Waals surface area contributed by atoms with Gasteiger partial charge in [-0.3, -0.25) is 14.2 Å². The summed E-state index contributed by atoms with van der Waals surface area (Å²) in [7, 11) is 0. The highest BCUT2D eigenvalue weighted by atomic mass is 16.2. The van der Waals surface area contributed by atoms with Crippen molar-refractivity contribution in [2.45, 2.75) is 27.3 Å². The molecule has 0 fully saturated rings. The van der Waals surface area contributed by atoms with Gasteiger partial charge in [0.15, 0.2) is 0 Å². The SMILES string of the molecule is Cc1ccc(Nc2nc(C)cc(Nc3ccc(NC(=O)Cn4cnc(C)cc4=O)cc3)n2)cc1. The van der Waals surface area contributed by atoms with Gasteiger partial charge in [-0.1, -0.05) is 17.7 Å². The molecule has 9 nitrogen and oxygen atoms in total. The van der Waals surface area contributed by atoms with Gasteiger partial charge in [-0.15, -0.1) is 0 Å². The standard InChI is InChI=1S/C25H25N7O2/c1-16-4-6-21(7-5-16)30-25-27-18(3)12-22(31-25)28-19-8-10-20(11-9-19)29-23(33)14-32-15-26-17(2)13-24(32)34/h4-13,15H,14H2,1-3H3,(H,29,33)(H2,27,28,30,31). The molecule has 0 saturated heterocycles. The number of rotatable bonds is 7. The Morgan fingerprint density at radius 3 is 2.18 bits per heavy atom. The molecule has 2 aromatic carbocycles. The number of carbonyl (C=O) groups is 1. The number of nitrogens with one attached hydrogen (secondary N) is 3. The van der Waals surface area contributed by atoms with E-state index in [2.05, 4.69) is 30.9 Å². The Morgan fingerprint density at radius 1 is 0.824 bits per heavy atom. The topological polar surface area (TPSA) is 114 Å². The number of anilines is 5. The van der Waals surface area contributed by atoms with Crippen LogP contribution < -0.4 is 21.5 Å². The normalized spacial score (nSPS) is 10.6. The average Bonchev–Trinajstić information content (AvgIpc) is 2.78. The van der Waals surface area contributed by atoms with E-state index >= 15 is 0 Å². The van der Waals surface area contributed by atoms with E-state index in [-0.39, 0.29) is 18.0 Å². The zero-order valence-electron chi connectivity index (χ0n) is 19.2. The molecule has 0 aliphatic heterocycles. The number of benzene rings is 2. The van der Waals surface area contributed by atoms with Gasteiger partial charge in [0.2, 0.25) is 11.9 Å². The van der Waals surface area contributed by atoms with Crippen LogP contribution >= 0.6 is 0 Å². The Kier molecular flexibility index (Phi) is 6.63. The molecule has 0 unspecified atom stereocenters. The molecule has 0 atom stereocenters. The summed E-state index contributed by atoms with van der Waals surface area (Å²) < 4.78 is 1.26. The Hall–Kier alpha value is -4.53. The van der Waals surface area contributed by atoms with Gasteiger partial charge < -0.3 is 16.0 Å². The highest BCUT2D eigenvalue weighted by molar-refractivity contribution is 5.90. The second-order valence-electron chi connectivity index (χ2n) is 7.96. The van der Waals surface area contributed by atoms with E-state index in [1.165, 1.54) is 22.5 Å². The second-order valence-corrected chi connectivity index (χ2v) is 7.96. The van der Waals surface area contributed by atoms with Crippen molar-refractivity contribution in [3.63, 3.8) is 0 Å². The zero-order valence-corrected chi connectivity index (χ0v) is 19.2. The highest BCUT2D eigenvalue weighted by Gasteiger charge is 2.07. The van der Waals surface area contributed by atoms with Crippen LogP contribution in [-0.4, -0.2) is 25.4 Å². The molecule has 4 rings (SSSR count). The summed E-state index contributed by atoms with van der Waals surface area (Å²) in [6, 6.07) is 18.5. The third-order valence-corrected chi connectivity index (χ3v) is 4.93. The van der Waals surface area contributed by atoms with Gasteiger partial charge in [-0.2, -0.15) is 4.98 Å². The first-order valence-electron chi connectivity index (χ1n) is 10.7. The molecule has 0 aliphatic rings. The second kappa shape index (κ2) is 9.95. The van der Waals surface area contributed by atoms with E-state index in [0.717, 1.165) is 17.1 Å². The fourth-order valence-corrected chi connectivity index (χ4v) is 3.23. The lowest BCUT2D eigenvalue weighted by atomic mass is 10.2. The van der Waals surface area contributed by atoms with Crippen LogP contribution in [0.15, 0.2) is 71.8 Å². The molecule has 3 N–H and O–H groups in total. The van der Waals surface area contributed by atoms with Crippen molar-refractivity contribution < 1.29 is 4.79 Å². The summed E-state index contributed by atoms with van der Waals surface area (Å²) in [5.74, 6) is 0.827. The molecule has 2 aromatic heterocycles. The van der Waals surface area contributed by atoms with Crippen LogP contribution in [0.3, 0.4) is 0 Å². The van der Waals surface area contributed by atoms with Crippen molar-refractivity contribution in [3.05, 3.63) is 94.3 Å². The van der Waals surface area contributed by atoms with Crippen molar-refractivity contribution in [2.24, 2.45) is 0 Å². The van der Waals surface area contributed by atoms with Crippen LogP contribution in [0.4, 0.5) is 28.8 Å². The molecule has 0 bridgehead atoms. The number of nitrogens with zero attached hydrogens (tertiary/aromatic N) is 4. The van der Waals surface area contributed by atoms with Gasteiger partial charge in [0, 0.05) is 40.6 Å². The maximum atomic E-state index is 12.3. The Labute approximate surface area is 196 Å². The van der Waals surface area contributed by atoms with Crippen molar-refractivity contribution in [1.29, 1.82) is 0 Å². The number of hydrogen-bond acceptors (Lipinski definition) is 7. The van der Waals surface area contributed by atoms with Gasteiger partial charge in [0.1, 0.15) is 12.4 Å². The molecule has 1 amide bonds. The molecule has 0 radical (unpaired) electrons. The molecule has 172 valence electrons. The third kappa shape index (κ3) is 6.04. The number of aromatic nitrogens is 4. The molecule has 4 aromatic rings. The van der Waals surface area contributed by atoms with E-state index in [4.69, 9.17) is 0 Å². The van der Waals surface area contributed by atoms with Crippen molar-refractivity contribution >= 4 is 34.7 Å².